The summed E-state index contributed by atoms with van der Waals surface area (Å²) in [5.74, 6) is -0.177. The van der Waals surface area contributed by atoms with Crippen LogP contribution in [0.4, 0.5) is 0 Å². The molecule has 0 heterocycles. The summed E-state index contributed by atoms with van der Waals surface area (Å²) in [5, 5.41) is 3.55. The van der Waals surface area contributed by atoms with E-state index < -0.39 is 0 Å². The second kappa shape index (κ2) is 5.17. The van der Waals surface area contributed by atoms with Crippen LogP contribution in [-0.4, -0.2) is 18.0 Å². The van der Waals surface area contributed by atoms with Crippen molar-refractivity contribution in [2.45, 2.75) is 64.8 Å². The van der Waals surface area contributed by atoms with Crippen molar-refractivity contribution in [2.75, 3.05) is 6.54 Å². The SMILES string of the molecule is CCCNC1(CC(N)=O)CCC(C)(C)CC1. The van der Waals surface area contributed by atoms with E-state index in [9.17, 15) is 4.79 Å². The number of amides is 1. The fraction of sp³-hybridized carbons (Fsp3) is 0.923. The molecule has 0 aromatic rings. The maximum Gasteiger partial charge on any atom is 0.219 e. The highest BCUT2D eigenvalue weighted by Crippen LogP contribution is 2.41. The highest BCUT2D eigenvalue weighted by Gasteiger charge is 2.38. The van der Waals surface area contributed by atoms with Crippen LogP contribution in [0.5, 0.6) is 0 Å². The smallest absolute Gasteiger partial charge is 0.219 e. The fourth-order valence-corrected chi connectivity index (χ4v) is 2.55. The summed E-state index contributed by atoms with van der Waals surface area (Å²) < 4.78 is 0. The Hall–Kier alpha value is -0.570. The van der Waals surface area contributed by atoms with Gasteiger partial charge in [0.1, 0.15) is 0 Å². The van der Waals surface area contributed by atoms with Gasteiger partial charge in [-0.1, -0.05) is 20.8 Å². The van der Waals surface area contributed by atoms with Gasteiger partial charge in [0.05, 0.1) is 0 Å². The first kappa shape index (κ1) is 13.5. The van der Waals surface area contributed by atoms with Crippen molar-refractivity contribution in [1.29, 1.82) is 0 Å². The normalized spacial score (nSPS) is 22.9. The van der Waals surface area contributed by atoms with E-state index in [0.717, 1.165) is 25.8 Å². The summed E-state index contributed by atoms with van der Waals surface area (Å²) in [6.07, 6.45) is 6.09. The van der Waals surface area contributed by atoms with Crippen LogP contribution in [-0.2, 0) is 4.79 Å². The molecule has 3 N–H and O–H groups in total. The summed E-state index contributed by atoms with van der Waals surface area (Å²) in [6, 6.07) is 0. The zero-order valence-corrected chi connectivity index (χ0v) is 10.9. The van der Waals surface area contributed by atoms with Crippen LogP contribution in [0.15, 0.2) is 0 Å². The number of rotatable bonds is 5. The van der Waals surface area contributed by atoms with Crippen molar-refractivity contribution in [2.24, 2.45) is 11.1 Å². The summed E-state index contributed by atoms with van der Waals surface area (Å²) >= 11 is 0. The van der Waals surface area contributed by atoms with E-state index in [0.29, 0.717) is 11.8 Å². The van der Waals surface area contributed by atoms with Crippen LogP contribution in [0.3, 0.4) is 0 Å². The van der Waals surface area contributed by atoms with Gasteiger partial charge in [0.25, 0.3) is 0 Å². The molecule has 1 saturated carbocycles. The Balaban J connectivity index is 2.62. The molecule has 0 atom stereocenters. The molecular weight excluding hydrogens is 200 g/mol. The van der Waals surface area contributed by atoms with Crippen LogP contribution >= 0.6 is 0 Å². The zero-order chi connectivity index (χ0) is 12.2. The number of hydrogen-bond donors (Lipinski definition) is 2. The maximum absolute atomic E-state index is 11.2. The van der Waals surface area contributed by atoms with Gasteiger partial charge >= 0.3 is 0 Å². The van der Waals surface area contributed by atoms with Gasteiger partial charge in [-0.15, -0.1) is 0 Å². The molecule has 0 aromatic carbocycles. The van der Waals surface area contributed by atoms with Crippen molar-refractivity contribution in [3.05, 3.63) is 0 Å². The van der Waals surface area contributed by atoms with E-state index in [-0.39, 0.29) is 11.4 Å². The lowest BCUT2D eigenvalue weighted by molar-refractivity contribution is -0.120. The van der Waals surface area contributed by atoms with Crippen molar-refractivity contribution < 1.29 is 4.79 Å². The molecule has 0 saturated heterocycles. The lowest BCUT2D eigenvalue weighted by atomic mass is 9.68. The molecule has 94 valence electrons. The van der Waals surface area contributed by atoms with Crippen molar-refractivity contribution in [3.8, 4) is 0 Å². The third kappa shape index (κ3) is 3.78. The average molecular weight is 226 g/mol. The number of carbonyl (C=O) groups excluding carboxylic acids is 1. The zero-order valence-electron chi connectivity index (χ0n) is 10.9. The Labute approximate surface area is 99.2 Å². The first-order valence-electron chi connectivity index (χ1n) is 6.42. The Bertz CT molecular complexity index is 238. The second-order valence-electron chi connectivity index (χ2n) is 6.01. The van der Waals surface area contributed by atoms with Gasteiger partial charge < -0.3 is 11.1 Å². The monoisotopic (exact) mass is 226 g/mol. The molecule has 3 heteroatoms. The predicted octanol–water partition coefficient (Wildman–Crippen LogP) is 2.20. The van der Waals surface area contributed by atoms with Gasteiger partial charge in [-0.25, -0.2) is 0 Å². The van der Waals surface area contributed by atoms with Crippen molar-refractivity contribution in [1.82, 2.24) is 5.32 Å². The molecule has 0 radical (unpaired) electrons. The molecule has 0 aliphatic heterocycles. The number of primary amides is 1. The molecule has 0 spiro atoms. The molecule has 1 amide bonds. The molecule has 1 aliphatic carbocycles. The van der Waals surface area contributed by atoms with E-state index in [4.69, 9.17) is 5.73 Å². The summed E-state index contributed by atoms with van der Waals surface area (Å²) in [6.45, 7) is 7.74. The van der Waals surface area contributed by atoms with E-state index >= 15 is 0 Å². The molecule has 1 rings (SSSR count). The molecule has 1 fully saturated rings. The van der Waals surface area contributed by atoms with Gasteiger partial charge in [-0.2, -0.15) is 0 Å². The van der Waals surface area contributed by atoms with Gasteiger partial charge in [0.2, 0.25) is 5.91 Å². The lowest BCUT2D eigenvalue weighted by Gasteiger charge is -2.44. The van der Waals surface area contributed by atoms with Crippen LogP contribution in [0.25, 0.3) is 0 Å². The summed E-state index contributed by atoms with van der Waals surface area (Å²) in [5.41, 5.74) is 5.78. The molecule has 0 aromatic heterocycles. The van der Waals surface area contributed by atoms with E-state index in [2.05, 4.69) is 26.1 Å². The van der Waals surface area contributed by atoms with Crippen molar-refractivity contribution in [3.63, 3.8) is 0 Å². The number of carbonyl (C=O) groups is 1. The Morgan fingerprint density at radius 3 is 2.25 bits per heavy atom. The molecular formula is C13H26N2O. The maximum atomic E-state index is 11.2. The minimum atomic E-state index is -0.177. The number of nitrogens with one attached hydrogen (secondary N) is 1. The molecule has 0 bridgehead atoms. The van der Waals surface area contributed by atoms with Gasteiger partial charge in [-0.05, 0) is 44.1 Å². The standard InChI is InChI=1S/C13H26N2O/c1-4-9-15-13(10-11(14)16)7-5-12(2,3)6-8-13/h15H,4-10H2,1-3H3,(H2,14,16). The van der Waals surface area contributed by atoms with Crippen molar-refractivity contribution >= 4 is 5.91 Å². The van der Waals surface area contributed by atoms with Crippen LogP contribution in [0, 0.1) is 5.41 Å². The largest absolute Gasteiger partial charge is 0.370 e. The topological polar surface area (TPSA) is 55.1 Å². The Morgan fingerprint density at radius 1 is 1.25 bits per heavy atom. The van der Waals surface area contributed by atoms with Crippen LogP contribution in [0.2, 0.25) is 0 Å². The Morgan fingerprint density at radius 2 is 1.81 bits per heavy atom. The lowest BCUT2D eigenvalue weighted by Crippen LogP contribution is -2.51. The van der Waals surface area contributed by atoms with Gasteiger partial charge in [0, 0.05) is 12.0 Å². The third-order valence-electron chi connectivity index (χ3n) is 3.82. The first-order valence-corrected chi connectivity index (χ1v) is 6.42. The van der Waals surface area contributed by atoms with E-state index in [1.165, 1.54) is 12.8 Å². The van der Waals surface area contributed by atoms with E-state index in [1.54, 1.807) is 0 Å². The Kier molecular flexibility index (Phi) is 4.36. The fourth-order valence-electron chi connectivity index (χ4n) is 2.55. The van der Waals surface area contributed by atoms with Crippen LogP contribution < -0.4 is 11.1 Å². The molecule has 16 heavy (non-hydrogen) atoms. The first-order chi connectivity index (χ1) is 7.39. The highest BCUT2D eigenvalue weighted by atomic mass is 16.1. The van der Waals surface area contributed by atoms with Gasteiger partial charge in [0.15, 0.2) is 0 Å². The number of nitrogens with two attached hydrogens (primary N) is 1. The molecule has 0 unspecified atom stereocenters. The summed E-state index contributed by atoms with van der Waals surface area (Å²) in [7, 11) is 0. The summed E-state index contributed by atoms with van der Waals surface area (Å²) in [4.78, 5) is 11.2. The highest BCUT2D eigenvalue weighted by molar-refractivity contribution is 5.75. The van der Waals surface area contributed by atoms with Crippen LogP contribution in [0.1, 0.15) is 59.3 Å². The average Bonchev–Trinajstić information content (AvgIpc) is 2.19. The molecule has 3 nitrogen and oxygen atoms in total. The number of hydrogen-bond acceptors (Lipinski definition) is 2. The minimum Gasteiger partial charge on any atom is -0.370 e. The second-order valence-corrected chi connectivity index (χ2v) is 6.01. The third-order valence-corrected chi connectivity index (χ3v) is 3.82. The van der Waals surface area contributed by atoms with E-state index in [1.807, 2.05) is 0 Å². The molecule has 1 aliphatic rings. The quantitative estimate of drug-likeness (QED) is 0.755. The minimum absolute atomic E-state index is 0.0165. The predicted molar refractivity (Wildman–Crippen MR) is 67.1 cm³/mol. The van der Waals surface area contributed by atoms with Gasteiger partial charge in [-0.3, -0.25) is 4.79 Å².